The van der Waals surface area contributed by atoms with Crippen LogP contribution in [0.25, 0.3) is 0 Å². The summed E-state index contributed by atoms with van der Waals surface area (Å²) in [6.07, 6.45) is 0.455. The van der Waals surface area contributed by atoms with E-state index < -0.39 is 0 Å². The summed E-state index contributed by atoms with van der Waals surface area (Å²) in [6, 6.07) is 1.86. The smallest absolute Gasteiger partial charge is 0.237 e. The Morgan fingerprint density at radius 1 is 1.52 bits per heavy atom. The van der Waals surface area contributed by atoms with Crippen LogP contribution in [0.1, 0.15) is 22.2 Å². The zero-order chi connectivity index (χ0) is 14.8. The molecule has 0 aliphatic carbocycles. The van der Waals surface area contributed by atoms with Crippen LogP contribution < -0.4 is 5.32 Å². The lowest BCUT2D eigenvalue weighted by Crippen LogP contribution is -2.55. The van der Waals surface area contributed by atoms with Crippen molar-refractivity contribution in [3.05, 3.63) is 33.6 Å². The molecular formula is C14H18N4O2S. The second kappa shape index (κ2) is 5.95. The van der Waals surface area contributed by atoms with Crippen LogP contribution in [0.3, 0.4) is 0 Å². The van der Waals surface area contributed by atoms with E-state index in [2.05, 4.69) is 38.7 Å². The molecule has 1 amide bonds. The van der Waals surface area contributed by atoms with Gasteiger partial charge in [-0.25, -0.2) is 0 Å². The van der Waals surface area contributed by atoms with E-state index in [9.17, 15) is 4.79 Å². The molecule has 0 radical (unpaired) electrons. The molecule has 21 heavy (non-hydrogen) atoms. The van der Waals surface area contributed by atoms with Crippen molar-refractivity contribution in [1.29, 1.82) is 0 Å². The molecule has 1 atom stereocenters. The summed E-state index contributed by atoms with van der Waals surface area (Å²) in [5.74, 6) is 1.15. The van der Waals surface area contributed by atoms with Crippen LogP contribution >= 0.6 is 11.3 Å². The van der Waals surface area contributed by atoms with Crippen LogP contribution in [-0.4, -0.2) is 40.1 Å². The molecule has 0 bridgehead atoms. The molecule has 1 N–H and O–H groups in total. The van der Waals surface area contributed by atoms with Gasteiger partial charge in [-0.1, -0.05) is 5.16 Å². The molecule has 0 aromatic carbocycles. The van der Waals surface area contributed by atoms with Crippen LogP contribution in [0.2, 0.25) is 0 Å². The molecule has 2 aromatic heterocycles. The summed E-state index contributed by atoms with van der Waals surface area (Å²) in [7, 11) is 0. The minimum absolute atomic E-state index is 0.0336. The van der Waals surface area contributed by atoms with Crippen molar-refractivity contribution in [2.75, 3.05) is 13.1 Å². The minimum atomic E-state index is -0.250. The summed E-state index contributed by atoms with van der Waals surface area (Å²) in [4.78, 5) is 19.9. The largest absolute Gasteiger partial charge is 0.353 e. The lowest BCUT2D eigenvalue weighted by atomic mass is 10.1. The maximum atomic E-state index is 12.2. The van der Waals surface area contributed by atoms with Gasteiger partial charge in [0.2, 0.25) is 11.8 Å². The third-order valence-corrected chi connectivity index (χ3v) is 4.70. The van der Waals surface area contributed by atoms with Crippen molar-refractivity contribution < 1.29 is 9.32 Å². The zero-order valence-corrected chi connectivity index (χ0v) is 12.9. The lowest BCUT2D eigenvalue weighted by molar-refractivity contribution is -0.129. The molecule has 1 aliphatic heterocycles. The fourth-order valence-corrected chi connectivity index (χ4v) is 3.44. The number of aromatic nitrogens is 2. The molecule has 1 aliphatic rings. The number of nitrogens with one attached hydrogen (secondary N) is 1. The molecule has 3 heterocycles. The van der Waals surface area contributed by atoms with Gasteiger partial charge in [-0.2, -0.15) is 4.98 Å². The lowest BCUT2D eigenvalue weighted by Gasteiger charge is -2.34. The van der Waals surface area contributed by atoms with E-state index in [-0.39, 0.29) is 11.9 Å². The topological polar surface area (TPSA) is 71.3 Å². The Hall–Kier alpha value is -1.73. The minimum Gasteiger partial charge on any atom is -0.353 e. The first-order valence-electron chi connectivity index (χ1n) is 6.97. The highest BCUT2D eigenvalue weighted by Crippen LogP contribution is 2.21. The number of aryl methyl sites for hydroxylation is 2. The van der Waals surface area contributed by atoms with Crippen molar-refractivity contribution in [1.82, 2.24) is 20.4 Å². The second-order valence-electron chi connectivity index (χ2n) is 5.24. The Morgan fingerprint density at radius 3 is 3.05 bits per heavy atom. The van der Waals surface area contributed by atoms with E-state index in [1.54, 1.807) is 18.3 Å². The Morgan fingerprint density at radius 2 is 2.38 bits per heavy atom. The highest BCUT2D eigenvalue weighted by molar-refractivity contribution is 7.10. The van der Waals surface area contributed by atoms with Gasteiger partial charge in [0, 0.05) is 24.5 Å². The highest BCUT2D eigenvalue weighted by atomic mass is 32.1. The molecule has 0 saturated carbocycles. The Bertz CT molecular complexity index is 636. The second-order valence-corrected chi connectivity index (χ2v) is 6.24. The molecule has 1 fully saturated rings. The Balaban J connectivity index is 1.76. The fourth-order valence-electron chi connectivity index (χ4n) is 2.51. The number of rotatable bonds is 4. The highest BCUT2D eigenvalue weighted by Gasteiger charge is 2.31. The average molecular weight is 306 g/mol. The summed E-state index contributed by atoms with van der Waals surface area (Å²) in [5, 5.41) is 8.79. The van der Waals surface area contributed by atoms with Gasteiger partial charge in [0.05, 0.1) is 12.5 Å². The fraction of sp³-hybridized carbons (Fsp3) is 0.500. The Kier molecular flexibility index (Phi) is 4.03. The average Bonchev–Trinajstić information content (AvgIpc) is 3.03. The zero-order valence-electron chi connectivity index (χ0n) is 12.1. The van der Waals surface area contributed by atoms with E-state index in [0.29, 0.717) is 24.7 Å². The third kappa shape index (κ3) is 3.14. The van der Waals surface area contributed by atoms with Gasteiger partial charge in [0.15, 0.2) is 5.82 Å². The monoisotopic (exact) mass is 306 g/mol. The van der Waals surface area contributed by atoms with Crippen molar-refractivity contribution in [3.63, 3.8) is 0 Å². The molecule has 112 valence electrons. The van der Waals surface area contributed by atoms with Gasteiger partial charge in [-0.15, -0.1) is 11.3 Å². The SMILES string of the molecule is Cc1noc(CC2C(=O)NCCN2Cc2sccc2C)n1. The van der Waals surface area contributed by atoms with Crippen molar-refractivity contribution in [2.24, 2.45) is 0 Å². The van der Waals surface area contributed by atoms with Gasteiger partial charge in [-0.05, 0) is 30.9 Å². The summed E-state index contributed by atoms with van der Waals surface area (Å²) in [5.41, 5.74) is 1.28. The molecule has 1 saturated heterocycles. The predicted molar refractivity (Wildman–Crippen MR) is 79.0 cm³/mol. The van der Waals surface area contributed by atoms with Crippen molar-refractivity contribution in [3.8, 4) is 0 Å². The molecule has 7 heteroatoms. The summed E-state index contributed by atoms with van der Waals surface area (Å²) in [6.45, 7) is 6.19. The number of amides is 1. The molecule has 3 rings (SSSR count). The van der Waals surface area contributed by atoms with E-state index in [0.717, 1.165) is 13.1 Å². The molecule has 1 unspecified atom stereocenters. The number of hydrogen-bond donors (Lipinski definition) is 1. The van der Waals surface area contributed by atoms with E-state index in [4.69, 9.17) is 4.52 Å². The number of thiophene rings is 1. The van der Waals surface area contributed by atoms with Gasteiger partial charge in [0.25, 0.3) is 0 Å². The number of piperazine rings is 1. The van der Waals surface area contributed by atoms with E-state index in [1.807, 2.05) is 0 Å². The maximum Gasteiger partial charge on any atom is 0.237 e. The maximum absolute atomic E-state index is 12.2. The Labute approximate surface area is 127 Å². The van der Waals surface area contributed by atoms with Crippen LogP contribution in [0, 0.1) is 13.8 Å². The molecule has 6 nitrogen and oxygen atoms in total. The first-order chi connectivity index (χ1) is 10.1. The van der Waals surface area contributed by atoms with Gasteiger partial charge >= 0.3 is 0 Å². The number of carbonyl (C=O) groups excluding carboxylic acids is 1. The molecule has 2 aromatic rings. The van der Waals surface area contributed by atoms with E-state index in [1.165, 1.54) is 10.4 Å². The number of hydrogen-bond acceptors (Lipinski definition) is 6. The first-order valence-corrected chi connectivity index (χ1v) is 7.85. The summed E-state index contributed by atoms with van der Waals surface area (Å²) >= 11 is 1.73. The third-order valence-electron chi connectivity index (χ3n) is 3.69. The van der Waals surface area contributed by atoms with Crippen LogP contribution in [-0.2, 0) is 17.8 Å². The quantitative estimate of drug-likeness (QED) is 0.921. The van der Waals surface area contributed by atoms with Gasteiger partial charge in [0.1, 0.15) is 0 Å². The van der Waals surface area contributed by atoms with Crippen molar-refractivity contribution in [2.45, 2.75) is 32.9 Å². The van der Waals surface area contributed by atoms with Crippen molar-refractivity contribution >= 4 is 17.2 Å². The van der Waals surface area contributed by atoms with Crippen LogP contribution in [0.15, 0.2) is 16.0 Å². The van der Waals surface area contributed by atoms with E-state index >= 15 is 0 Å². The number of nitrogens with zero attached hydrogens (tertiary/aromatic N) is 3. The standard InChI is InChI=1S/C14H18N4O2S/c1-9-3-6-21-12(9)8-18-5-4-15-14(19)11(18)7-13-16-10(2)17-20-13/h3,6,11H,4-5,7-8H2,1-2H3,(H,15,19). The first kappa shape index (κ1) is 14.2. The normalized spacial score (nSPS) is 19.7. The van der Waals surface area contributed by atoms with Gasteiger partial charge < -0.3 is 9.84 Å². The van der Waals surface area contributed by atoms with Gasteiger partial charge in [-0.3, -0.25) is 9.69 Å². The molecule has 0 spiro atoms. The predicted octanol–water partition coefficient (Wildman–Crippen LogP) is 1.29. The van der Waals surface area contributed by atoms with Crippen LogP contribution in [0.5, 0.6) is 0 Å². The van der Waals surface area contributed by atoms with Crippen LogP contribution in [0.4, 0.5) is 0 Å². The number of carbonyl (C=O) groups is 1. The summed E-state index contributed by atoms with van der Waals surface area (Å²) < 4.78 is 5.16. The molecular weight excluding hydrogens is 288 g/mol.